The maximum absolute atomic E-state index is 13.3. The van der Waals surface area contributed by atoms with Crippen molar-refractivity contribution < 1.29 is 38.1 Å². The predicted octanol–water partition coefficient (Wildman–Crippen LogP) is 5.72. The van der Waals surface area contributed by atoms with Crippen LogP contribution in [0.1, 0.15) is 48.4 Å². The fourth-order valence-electron chi connectivity index (χ4n) is 4.37. The molecule has 41 heavy (non-hydrogen) atoms. The van der Waals surface area contributed by atoms with E-state index in [0.717, 1.165) is 4.90 Å². The first kappa shape index (κ1) is 27.1. The highest BCUT2D eigenvalue weighted by atomic mass is 16.5. The highest BCUT2D eigenvalue weighted by molar-refractivity contribution is 6.34. The number of para-hydroxylation sites is 2. The molecule has 5 rings (SSSR count). The van der Waals surface area contributed by atoms with Gasteiger partial charge in [0.2, 0.25) is 5.78 Å². The summed E-state index contributed by atoms with van der Waals surface area (Å²) in [5.74, 6) is -0.134. The van der Waals surface area contributed by atoms with Crippen LogP contribution < -0.4 is 19.1 Å². The number of ketones is 1. The summed E-state index contributed by atoms with van der Waals surface area (Å²) < 4.78 is 21.6. The Bertz CT molecular complexity index is 1640. The number of hydrogen-bond donors (Lipinski definition) is 0. The van der Waals surface area contributed by atoms with Crippen LogP contribution in [0.2, 0.25) is 0 Å². The van der Waals surface area contributed by atoms with E-state index in [4.69, 9.17) is 18.9 Å². The number of Topliss-reactive ketones (excluding diaryl/α,β-unsaturated/α-hetero) is 1. The Kier molecular flexibility index (Phi) is 7.51. The number of carbonyl (C=O) groups is 4. The predicted molar refractivity (Wildman–Crippen MR) is 149 cm³/mol. The van der Waals surface area contributed by atoms with Gasteiger partial charge in [-0.25, -0.2) is 9.69 Å². The SMILES string of the molecule is COc1ccc(C(=O)C(C)OC(=O)c2ccc3c(c2)C(=O)N(c2ccc(Oc4ccccc4OC)cc2)C3=O)cc1. The zero-order chi connectivity index (χ0) is 29.1. The lowest BCUT2D eigenvalue weighted by Gasteiger charge is -2.15. The van der Waals surface area contributed by atoms with Gasteiger partial charge < -0.3 is 18.9 Å². The maximum atomic E-state index is 13.3. The number of ether oxygens (including phenoxy) is 4. The number of fused-ring (bicyclic) bond motifs is 1. The molecule has 0 fully saturated rings. The number of esters is 1. The molecule has 0 radical (unpaired) electrons. The molecule has 0 bridgehead atoms. The number of anilines is 1. The number of rotatable bonds is 9. The van der Waals surface area contributed by atoms with Gasteiger partial charge in [0.15, 0.2) is 17.6 Å². The smallest absolute Gasteiger partial charge is 0.338 e. The van der Waals surface area contributed by atoms with Gasteiger partial charge in [0.05, 0.1) is 36.6 Å². The monoisotopic (exact) mass is 551 g/mol. The van der Waals surface area contributed by atoms with E-state index >= 15 is 0 Å². The van der Waals surface area contributed by atoms with Gasteiger partial charge in [-0.15, -0.1) is 0 Å². The Hall–Kier alpha value is -5.44. The average Bonchev–Trinajstić information content (AvgIpc) is 3.26. The lowest BCUT2D eigenvalue weighted by Crippen LogP contribution is -2.29. The fourth-order valence-corrected chi connectivity index (χ4v) is 4.37. The van der Waals surface area contributed by atoms with Crippen molar-refractivity contribution in [3.63, 3.8) is 0 Å². The van der Waals surface area contributed by atoms with Crippen molar-refractivity contribution in [3.05, 3.63) is 113 Å². The van der Waals surface area contributed by atoms with Crippen molar-refractivity contribution in [2.24, 2.45) is 0 Å². The molecule has 2 amide bonds. The van der Waals surface area contributed by atoms with Gasteiger partial charge in [0.25, 0.3) is 11.8 Å². The Balaban J connectivity index is 1.29. The topological polar surface area (TPSA) is 108 Å². The highest BCUT2D eigenvalue weighted by Gasteiger charge is 2.37. The minimum atomic E-state index is -1.07. The van der Waals surface area contributed by atoms with E-state index in [1.807, 2.05) is 12.1 Å². The Morgan fingerprint density at radius 1 is 0.683 bits per heavy atom. The van der Waals surface area contributed by atoms with Crippen LogP contribution >= 0.6 is 0 Å². The van der Waals surface area contributed by atoms with Crippen molar-refractivity contribution in [2.75, 3.05) is 19.1 Å². The Labute approximate surface area is 235 Å². The van der Waals surface area contributed by atoms with Gasteiger partial charge >= 0.3 is 5.97 Å². The Morgan fingerprint density at radius 3 is 1.95 bits per heavy atom. The molecule has 0 saturated heterocycles. The average molecular weight is 552 g/mol. The first-order valence-electron chi connectivity index (χ1n) is 12.6. The summed E-state index contributed by atoms with van der Waals surface area (Å²) in [5, 5.41) is 0. The van der Waals surface area contributed by atoms with Gasteiger partial charge in [0, 0.05) is 5.56 Å². The maximum Gasteiger partial charge on any atom is 0.338 e. The third kappa shape index (κ3) is 5.38. The molecule has 1 heterocycles. The van der Waals surface area contributed by atoms with E-state index in [-0.39, 0.29) is 16.7 Å². The molecule has 0 spiro atoms. The zero-order valence-electron chi connectivity index (χ0n) is 22.5. The normalized spacial score (nSPS) is 12.9. The van der Waals surface area contributed by atoms with Crippen LogP contribution in [0.15, 0.2) is 91.0 Å². The molecule has 1 atom stereocenters. The summed E-state index contributed by atoms with van der Waals surface area (Å²) in [6, 6.07) is 24.2. The lowest BCUT2D eigenvalue weighted by molar-refractivity contribution is 0.0318. The zero-order valence-corrected chi connectivity index (χ0v) is 22.5. The van der Waals surface area contributed by atoms with Crippen molar-refractivity contribution in [1.82, 2.24) is 0 Å². The second-order valence-corrected chi connectivity index (χ2v) is 9.09. The highest BCUT2D eigenvalue weighted by Crippen LogP contribution is 2.34. The van der Waals surface area contributed by atoms with Crippen molar-refractivity contribution >= 4 is 29.3 Å². The largest absolute Gasteiger partial charge is 0.497 e. The summed E-state index contributed by atoms with van der Waals surface area (Å²) >= 11 is 0. The fraction of sp³-hybridized carbons (Fsp3) is 0.125. The molecular formula is C32H25NO8. The van der Waals surface area contributed by atoms with Crippen LogP contribution in [0.5, 0.6) is 23.0 Å². The number of carbonyl (C=O) groups excluding carboxylic acids is 4. The summed E-state index contributed by atoms with van der Waals surface area (Å²) in [6.45, 7) is 1.47. The van der Waals surface area contributed by atoms with E-state index < -0.39 is 29.7 Å². The van der Waals surface area contributed by atoms with E-state index in [1.54, 1.807) is 67.8 Å². The van der Waals surface area contributed by atoms with Crippen LogP contribution in [-0.2, 0) is 4.74 Å². The first-order valence-corrected chi connectivity index (χ1v) is 12.6. The molecule has 1 unspecified atom stereocenters. The third-order valence-electron chi connectivity index (χ3n) is 6.54. The second kappa shape index (κ2) is 11.4. The van der Waals surface area contributed by atoms with Gasteiger partial charge in [-0.2, -0.15) is 0 Å². The number of amides is 2. The van der Waals surface area contributed by atoms with Crippen molar-refractivity contribution in [1.29, 1.82) is 0 Å². The lowest BCUT2D eigenvalue weighted by atomic mass is 10.1. The summed E-state index contributed by atoms with van der Waals surface area (Å²) in [6.07, 6.45) is -1.07. The van der Waals surface area contributed by atoms with Gasteiger partial charge in [-0.3, -0.25) is 14.4 Å². The molecule has 9 heteroatoms. The molecule has 9 nitrogen and oxygen atoms in total. The van der Waals surface area contributed by atoms with Crippen molar-refractivity contribution in [3.8, 4) is 23.0 Å². The molecule has 0 aliphatic carbocycles. The molecule has 4 aromatic rings. The van der Waals surface area contributed by atoms with Crippen LogP contribution in [0.4, 0.5) is 5.69 Å². The molecule has 0 N–H and O–H groups in total. The number of benzene rings is 4. The minimum Gasteiger partial charge on any atom is -0.497 e. The number of hydrogen-bond acceptors (Lipinski definition) is 8. The van der Waals surface area contributed by atoms with Gasteiger partial charge in [-0.1, -0.05) is 12.1 Å². The molecular weight excluding hydrogens is 526 g/mol. The van der Waals surface area contributed by atoms with E-state index in [2.05, 4.69) is 0 Å². The van der Waals surface area contributed by atoms with Crippen molar-refractivity contribution in [2.45, 2.75) is 13.0 Å². The molecule has 206 valence electrons. The molecule has 4 aromatic carbocycles. The van der Waals surface area contributed by atoms with E-state index in [1.165, 1.54) is 32.2 Å². The van der Waals surface area contributed by atoms with Crippen LogP contribution in [0.3, 0.4) is 0 Å². The van der Waals surface area contributed by atoms with Gasteiger partial charge in [-0.05, 0) is 85.8 Å². The van der Waals surface area contributed by atoms with Crippen LogP contribution in [0.25, 0.3) is 0 Å². The second-order valence-electron chi connectivity index (χ2n) is 9.09. The molecule has 1 aliphatic rings. The summed E-state index contributed by atoms with van der Waals surface area (Å²) in [7, 11) is 3.06. The number of methoxy groups -OCH3 is 2. The van der Waals surface area contributed by atoms with Gasteiger partial charge in [0.1, 0.15) is 11.5 Å². The standard InChI is InChI=1S/C32H25NO8/c1-19(29(34)20-8-13-23(38-2)14-9-20)40-32(37)21-10-17-25-26(18-21)31(36)33(30(25)35)22-11-15-24(16-12-22)41-28-7-5-4-6-27(28)39-3/h4-19H,1-3H3. The molecule has 1 aliphatic heterocycles. The minimum absolute atomic E-state index is 0.0432. The third-order valence-corrected chi connectivity index (χ3v) is 6.54. The molecule has 0 aromatic heterocycles. The summed E-state index contributed by atoms with van der Waals surface area (Å²) in [4.78, 5) is 52.9. The van der Waals surface area contributed by atoms with E-state index in [0.29, 0.717) is 34.2 Å². The molecule has 0 saturated carbocycles. The summed E-state index contributed by atoms with van der Waals surface area (Å²) in [5.41, 5.74) is 0.958. The number of imide groups is 1. The van der Waals surface area contributed by atoms with Crippen LogP contribution in [-0.4, -0.2) is 43.9 Å². The van der Waals surface area contributed by atoms with E-state index in [9.17, 15) is 19.2 Å². The number of nitrogens with zero attached hydrogens (tertiary/aromatic N) is 1. The first-order chi connectivity index (χ1) is 19.8. The quantitative estimate of drug-likeness (QED) is 0.148. The van der Waals surface area contributed by atoms with Crippen LogP contribution in [0, 0.1) is 0 Å². The Morgan fingerprint density at radius 2 is 1.29 bits per heavy atom.